The predicted molar refractivity (Wildman–Crippen MR) is 75.7 cm³/mol. The molecule has 0 aliphatic carbocycles. The van der Waals surface area contributed by atoms with Crippen LogP contribution in [0.25, 0.3) is 0 Å². The number of aryl methyl sites for hydroxylation is 3. The molecule has 7 nitrogen and oxygen atoms in total. The van der Waals surface area contributed by atoms with E-state index in [0.717, 1.165) is 0 Å². The molecule has 2 aromatic rings. The van der Waals surface area contributed by atoms with Crippen molar-refractivity contribution in [2.24, 2.45) is 0 Å². The van der Waals surface area contributed by atoms with E-state index in [9.17, 15) is 8.42 Å². The number of nitrogens with one attached hydrogen (secondary N) is 1. The lowest BCUT2D eigenvalue weighted by Gasteiger charge is -2.09. The van der Waals surface area contributed by atoms with Crippen molar-refractivity contribution < 1.29 is 8.42 Å². The van der Waals surface area contributed by atoms with Crippen molar-refractivity contribution in [1.82, 2.24) is 15.2 Å². The molecule has 0 spiro atoms. The predicted octanol–water partition coefficient (Wildman–Crippen LogP) is 1.18. The molecule has 0 aliphatic rings. The van der Waals surface area contributed by atoms with Crippen molar-refractivity contribution in [2.75, 3.05) is 10.5 Å². The number of nitrogens with zero attached hydrogens (tertiary/aromatic N) is 3. The third-order valence-corrected chi connectivity index (χ3v) is 4.29. The normalized spacial score (nSPS) is 11.3. The fourth-order valence-corrected chi connectivity index (χ4v) is 2.82. The molecule has 0 aliphatic heterocycles. The summed E-state index contributed by atoms with van der Waals surface area (Å²) in [7, 11) is -3.76. The molecule has 0 unspecified atom stereocenters. The van der Waals surface area contributed by atoms with Crippen molar-refractivity contribution >= 4 is 21.7 Å². The Morgan fingerprint density at radius 3 is 2.40 bits per heavy atom. The SMILES string of the molecule is Cc1cc(N)ccc1S(=O)(=O)Nc1nnc(C)c(C)n1. The van der Waals surface area contributed by atoms with Crippen LogP contribution in [0.3, 0.4) is 0 Å². The third kappa shape index (κ3) is 2.85. The lowest BCUT2D eigenvalue weighted by atomic mass is 10.2. The van der Waals surface area contributed by atoms with Crippen molar-refractivity contribution in [3.05, 3.63) is 35.2 Å². The fraction of sp³-hybridized carbons (Fsp3) is 0.250. The average Bonchev–Trinajstić information content (AvgIpc) is 2.33. The lowest BCUT2D eigenvalue weighted by Crippen LogP contribution is -2.17. The van der Waals surface area contributed by atoms with Crippen LogP contribution < -0.4 is 10.5 Å². The summed E-state index contributed by atoms with van der Waals surface area (Å²) in [5, 5.41) is 7.55. The molecule has 8 heteroatoms. The van der Waals surface area contributed by atoms with Gasteiger partial charge >= 0.3 is 0 Å². The van der Waals surface area contributed by atoms with Crippen LogP contribution in [0.15, 0.2) is 23.1 Å². The number of anilines is 2. The Kier molecular flexibility index (Phi) is 3.58. The molecule has 1 aromatic carbocycles. The number of benzene rings is 1. The van der Waals surface area contributed by atoms with Crippen LogP contribution in [0.4, 0.5) is 11.6 Å². The summed E-state index contributed by atoms with van der Waals surface area (Å²) >= 11 is 0. The van der Waals surface area contributed by atoms with Gasteiger partial charge in [0.05, 0.1) is 16.3 Å². The van der Waals surface area contributed by atoms with Crippen molar-refractivity contribution in [2.45, 2.75) is 25.7 Å². The van der Waals surface area contributed by atoms with E-state index >= 15 is 0 Å². The number of nitrogens with two attached hydrogens (primary N) is 1. The van der Waals surface area contributed by atoms with Crippen LogP contribution in [-0.4, -0.2) is 23.6 Å². The van der Waals surface area contributed by atoms with E-state index in [0.29, 0.717) is 22.6 Å². The summed E-state index contributed by atoms with van der Waals surface area (Å²) in [5.74, 6) is -0.0516. The summed E-state index contributed by atoms with van der Waals surface area (Å²) in [6.45, 7) is 5.15. The molecule has 0 amide bonds. The van der Waals surface area contributed by atoms with E-state index in [1.165, 1.54) is 12.1 Å². The van der Waals surface area contributed by atoms with Gasteiger partial charge in [0.2, 0.25) is 0 Å². The van der Waals surface area contributed by atoms with Crippen molar-refractivity contribution in [3.63, 3.8) is 0 Å². The summed E-state index contributed by atoms with van der Waals surface area (Å²) in [4.78, 5) is 4.17. The van der Waals surface area contributed by atoms with Crippen molar-refractivity contribution in [1.29, 1.82) is 0 Å². The first-order valence-electron chi connectivity index (χ1n) is 5.86. The third-order valence-electron chi connectivity index (χ3n) is 2.81. The smallest absolute Gasteiger partial charge is 0.264 e. The Balaban J connectivity index is 2.38. The van der Waals surface area contributed by atoms with Gasteiger partial charge in [-0.3, -0.25) is 0 Å². The number of aromatic nitrogens is 3. The van der Waals surface area contributed by atoms with E-state index in [1.54, 1.807) is 26.8 Å². The van der Waals surface area contributed by atoms with Crippen LogP contribution >= 0.6 is 0 Å². The molecule has 0 atom stereocenters. The van der Waals surface area contributed by atoms with E-state index < -0.39 is 10.0 Å². The maximum atomic E-state index is 12.3. The first kappa shape index (κ1) is 14.2. The van der Waals surface area contributed by atoms with Gasteiger partial charge in [0.1, 0.15) is 0 Å². The van der Waals surface area contributed by atoms with Crippen LogP contribution in [-0.2, 0) is 10.0 Å². The van der Waals surface area contributed by atoms with E-state index in [4.69, 9.17) is 5.73 Å². The quantitative estimate of drug-likeness (QED) is 0.822. The van der Waals surface area contributed by atoms with Crippen LogP contribution in [0, 0.1) is 20.8 Å². The fourth-order valence-electron chi connectivity index (χ4n) is 1.65. The first-order chi connectivity index (χ1) is 9.29. The number of hydrogen-bond donors (Lipinski definition) is 2. The number of rotatable bonds is 3. The maximum absolute atomic E-state index is 12.3. The van der Waals surface area contributed by atoms with Gasteiger partial charge in [-0.25, -0.2) is 18.1 Å². The number of nitrogen functional groups attached to an aromatic ring is 1. The molecule has 2 rings (SSSR count). The van der Waals surface area contributed by atoms with E-state index in [2.05, 4.69) is 19.9 Å². The molecule has 0 saturated carbocycles. The van der Waals surface area contributed by atoms with Gasteiger partial charge in [-0.15, -0.1) is 5.10 Å². The summed E-state index contributed by atoms with van der Waals surface area (Å²) < 4.78 is 26.9. The lowest BCUT2D eigenvalue weighted by molar-refractivity contribution is 0.600. The Morgan fingerprint density at radius 2 is 1.80 bits per heavy atom. The Hall–Kier alpha value is -2.22. The van der Waals surface area contributed by atoms with E-state index in [-0.39, 0.29) is 10.8 Å². The Morgan fingerprint density at radius 1 is 1.10 bits per heavy atom. The summed E-state index contributed by atoms with van der Waals surface area (Å²) in [6.07, 6.45) is 0. The van der Waals surface area contributed by atoms with Crippen LogP contribution in [0.2, 0.25) is 0 Å². The largest absolute Gasteiger partial charge is 0.399 e. The van der Waals surface area contributed by atoms with Gasteiger partial charge in [-0.1, -0.05) is 0 Å². The van der Waals surface area contributed by atoms with E-state index in [1.807, 2.05) is 0 Å². The zero-order valence-corrected chi connectivity index (χ0v) is 12.2. The highest BCUT2D eigenvalue weighted by Gasteiger charge is 2.18. The number of sulfonamides is 1. The Bertz CT molecular complexity index is 758. The molecule has 20 heavy (non-hydrogen) atoms. The second-order valence-electron chi connectivity index (χ2n) is 4.44. The minimum atomic E-state index is -3.76. The average molecular weight is 293 g/mol. The minimum absolute atomic E-state index is 0.0516. The maximum Gasteiger partial charge on any atom is 0.264 e. The van der Waals surface area contributed by atoms with Gasteiger partial charge in [0, 0.05) is 5.69 Å². The second-order valence-corrected chi connectivity index (χ2v) is 6.09. The molecule has 0 radical (unpaired) electrons. The molecule has 0 fully saturated rings. The highest BCUT2D eigenvalue weighted by atomic mass is 32.2. The zero-order valence-electron chi connectivity index (χ0n) is 11.4. The van der Waals surface area contributed by atoms with Gasteiger partial charge in [-0.05, 0) is 44.5 Å². The van der Waals surface area contributed by atoms with Crippen LogP contribution in [0.1, 0.15) is 17.0 Å². The molecule has 1 aromatic heterocycles. The van der Waals surface area contributed by atoms with Crippen molar-refractivity contribution in [3.8, 4) is 0 Å². The molecule has 1 heterocycles. The van der Waals surface area contributed by atoms with Gasteiger partial charge in [-0.2, -0.15) is 5.10 Å². The second kappa shape index (κ2) is 5.04. The van der Waals surface area contributed by atoms with Gasteiger partial charge < -0.3 is 5.73 Å². The monoisotopic (exact) mass is 293 g/mol. The number of hydrogen-bond acceptors (Lipinski definition) is 6. The molecule has 0 bridgehead atoms. The molecule has 0 saturated heterocycles. The van der Waals surface area contributed by atoms with Gasteiger partial charge in [0.25, 0.3) is 16.0 Å². The minimum Gasteiger partial charge on any atom is -0.399 e. The Labute approximate surface area is 117 Å². The first-order valence-corrected chi connectivity index (χ1v) is 7.35. The molecule has 106 valence electrons. The van der Waals surface area contributed by atoms with Crippen LogP contribution in [0.5, 0.6) is 0 Å². The molecular formula is C12H15N5O2S. The standard InChI is InChI=1S/C12H15N5O2S/c1-7-6-10(13)4-5-11(7)20(18,19)17-12-14-8(2)9(3)15-16-12/h4-6H,13H2,1-3H3,(H,14,16,17). The highest BCUT2D eigenvalue weighted by Crippen LogP contribution is 2.19. The summed E-state index contributed by atoms with van der Waals surface area (Å²) in [5.41, 5.74) is 7.93. The molecular weight excluding hydrogens is 278 g/mol. The zero-order chi connectivity index (χ0) is 14.9. The highest BCUT2D eigenvalue weighted by molar-refractivity contribution is 7.92. The topological polar surface area (TPSA) is 111 Å². The van der Waals surface area contributed by atoms with Gasteiger partial charge in [0.15, 0.2) is 0 Å². The summed E-state index contributed by atoms with van der Waals surface area (Å²) in [6, 6.07) is 4.57. The molecule has 3 N–H and O–H groups in total.